The van der Waals surface area contributed by atoms with Crippen LogP contribution in [0.2, 0.25) is 10.6 Å². The number of nitrogens with one attached hydrogen (secondary N) is 3. The number of hydrogen-bond donors (Lipinski definition) is 3. The molecule has 0 aliphatic heterocycles. The summed E-state index contributed by atoms with van der Waals surface area (Å²) in [6.07, 6.45) is 24.9. The van der Waals surface area contributed by atoms with Gasteiger partial charge in [-0.25, -0.2) is 69.4 Å². The third-order valence-corrected chi connectivity index (χ3v) is 10.6. The van der Waals surface area contributed by atoms with Crippen LogP contribution >= 0.6 is 23.2 Å². The Morgan fingerprint density at radius 2 is 0.978 bits per heavy atom. The van der Waals surface area contributed by atoms with Crippen LogP contribution in [-0.4, -0.2) is 103 Å². The number of aromatic amines is 3. The molecule has 0 aliphatic carbocycles. The minimum Gasteiger partial charge on any atom is -0.467 e. The van der Waals surface area contributed by atoms with E-state index in [1.165, 1.54) is 35.4 Å². The monoisotopic (exact) mass is 1280 g/mol. The van der Waals surface area contributed by atoms with Gasteiger partial charge >= 0.3 is 23.4 Å². The summed E-state index contributed by atoms with van der Waals surface area (Å²) in [6, 6.07) is 23.3. The molecule has 0 saturated heterocycles. The topological polar surface area (TPSA) is 338 Å². The molecular formula is C63H76Cl2N18O8. The number of H-pyrrole nitrogens is 3. The first-order chi connectivity index (χ1) is 43.2. The van der Waals surface area contributed by atoms with Crippen molar-refractivity contribution in [2.45, 2.75) is 69.2 Å². The zero-order valence-corrected chi connectivity index (χ0v) is 54.9. The van der Waals surface area contributed by atoms with Gasteiger partial charge in [-0.2, -0.15) is 0 Å². The molecule has 0 atom stereocenters. The van der Waals surface area contributed by atoms with Gasteiger partial charge < -0.3 is 38.1 Å². The summed E-state index contributed by atoms with van der Waals surface area (Å²) in [7, 11) is 8.30. The summed E-state index contributed by atoms with van der Waals surface area (Å²) in [4.78, 5) is 116. The summed E-state index contributed by atoms with van der Waals surface area (Å²) in [6.45, 7) is 19.0. The number of hydrogen-bond acceptors (Lipinski definition) is 20. The Hall–Kier alpha value is -10.9. The van der Waals surface area contributed by atoms with Crippen LogP contribution in [0.5, 0.6) is 12.0 Å². The number of ether oxygens (including phenoxy) is 2. The van der Waals surface area contributed by atoms with Gasteiger partial charge in [0, 0.05) is 155 Å². The van der Waals surface area contributed by atoms with Crippen LogP contribution in [0.3, 0.4) is 0 Å². The van der Waals surface area contributed by atoms with Crippen molar-refractivity contribution in [1.29, 1.82) is 0 Å². The second kappa shape index (κ2) is 45.4. The minimum atomic E-state index is -0.296. The molecule has 0 spiro atoms. The van der Waals surface area contributed by atoms with E-state index >= 15 is 0 Å². The van der Waals surface area contributed by atoms with Gasteiger partial charge in [-0.3, -0.25) is 19.2 Å². The van der Waals surface area contributed by atoms with Gasteiger partial charge in [-0.05, 0) is 162 Å². The highest BCUT2D eigenvalue weighted by molar-refractivity contribution is 6.28. The first-order valence-corrected chi connectivity index (χ1v) is 27.8. The third kappa shape index (κ3) is 40.3. The van der Waals surface area contributed by atoms with Crippen molar-refractivity contribution in [2.75, 3.05) is 14.2 Å². The molecule has 11 aromatic rings. The summed E-state index contributed by atoms with van der Waals surface area (Å²) < 4.78 is 14.2. The van der Waals surface area contributed by atoms with Gasteiger partial charge in [-0.15, -0.1) is 0 Å². The van der Waals surface area contributed by atoms with E-state index in [1.54, 1.807) is 149 Å². The van der Waals surface area contributed by atoms with E-state index in [-0.39, 0.29) is 33.6 Å². The van der Waals surface area contributed by atoms with E-state index in [0.29, 0.717) is 22.6 Å². The zero-order valence-electron chi connectivity index (χ0n) is 53.4. The lowest BCUT2D eigenvalue weighted by Gasteiger charge is -1.95. The number of aryl methyl sites for hydroxylation is 13. The highest BCUT2D eigenvalue weighted by Crippen LogP contribution is 2.01. The van der Waals surface area contributed by atoms with Crippen LogP contribution in [0, 0.1) is 69.2 Å². The molecule has 0 radical (unpaired) electrons. The van der Waals surface area contributed by atoms with Crippen molar-refractivity contribution in [3.8, 4) is 12.0 Å². The SMILES string of the molecule is COc1ncc(C)cn1.COc1nccc(C)n1.Cc1ccc(=O)[nH]c1.Cc1ccc(=O)n(C)c1.Cc1ccn(C)c(=O)c1.Cc1ccnc(=O)[nH]1.Cc1ccnc(Cl)n1.Cc1ccncn1.Cc1cnc(=O)[nH]c1.Cc1cnc(Cl)nc1.Cn1ccccc1=O. The standard InChI is InChI=1S/2C7H9NO.2C6H8N2O.2C6H7NO.2C5H5ClN2.2C5H6N2O.C5H6N2/c1-6-3-4-8(2)7(9)5-6;1-6-3-4-7(9)8(2)5-6;1-5-3-7-6(9-2)8-4-5;1-5-3-4-7-6(8-5)9-2;1-5-2-3-6(8)7-4-5;1-7-5-3-2-4-6(7)8;1-4-2-7-5(6)8-3-4;1-4-2-3-7-5(6)8-4;1-4-2-6-5(8)7-3-4;1-4-2-3-6-5(8)7-4;1-5-2-3-6-4-7-5/h2*3-5H,1-2H3;2*3-4H,1-2H3;2-4H,1H3,(H,7,8);2-5H,1H3;2*2-3H,1H3;2*2-3H,1H3,(H,6,7,8);2-4H,1H3. The van der Waals surface area contributed by atoms with Crippen molar-refractivity contribution in [1.82, 2.24) is 88.5 Å². The van der Waals surface area contributed by atoms with Crippen LogP contribution in [0.1, 0.15) is 56.2 Å². The molecule has 0 unspecified atom stereocenters. The summed E-state index contributed by atoms with van der Waals surface area (Å²) in [5.74, 6) is 0. The average molecular weight is 1280 g/mol. The van der Waals surface area contributed by atoms with E-state index in [0.717, 1.165) is 56.2 Å². The third-order valence-electron chi connectivity index (χ3n) is 10.2. The van der Waals surface area contributed by atoms with Crippen LogP contribution in [0.25, 0.3) is 0 Å². The first-order valence-electron chi connectivity index (χ1n) is 27.0. The van der Waals surface area contributed by atoms with Crippen molar-refractivity contribution in [2.24, 2.45) is 21.1 Å². The molecule has 0 saturated carbocycles. The lowest BCUT2D eigenvalue weighted by atomic mass is 10.3. The Labute approximate surface area is 536 Å². The van der Waals surface area contributed by atoms with Gasteiger partial charge in [0.25, 0.3) is 5.56 Å². The maximum atomic E-state index is 10.8. The second-order valence-corrected chi connectivity index (χ2v) is 19.3. The number of aromatic nitrogens is 18. The van der Waals surface area contributed by atoms with Crippen LogP contribution in [0.15, 0.2) is 201 Å². The van der Waals surface area contributed by atoms with Gasteiger partial charge in [0.15, 0.2) is 0 Å². The molecule has 11 aromatic heterocycles. The highest BCUT2D eigenvalue weighted by atomic mass is 35.5. The Bertz CT molecular complexity index is 4040. The number of pyridine rings is 4. The summed E-state index contributed by atoms with van der Waals surface area (Å²) in [5, 5.41) is 0.612. The largest absolute Gasteiger partial charge is 0.467 e. The fourth-order valence-corrected chi connectivity index (χ4v) is 5.70. The molecule has 3 N–H and O–H groups in total. The van der Waals surface area contributed by atoms with E-state index < -0.39 is 0 Å². The first kappa shape index (κ1) is 78.2. The quantitative estimate of drug-likeness (QED) is 0.139. The molecule has 0 bridgehead atoms. The van der Waals surface area contributed by atoms with E-state index in [4.69, 9.17) is 32.7 Å². The van der Waals surface area contributed by atoms with Crippen molar-refractivity contribution < 1.29 is 9.47 Å². The van der Waals surface area contributed by atoms with Crippen molar-refractivity contribution in [3.63, 3.8) is 0 Å². The zero-order chi connectivity index (χ0) is 68.1. The highest BCUT2D eigenvalue weighted by Gasteiger charge is 1.93. The molecular weight excluding hydrogens is 1210 g/mol. The molecule has 11 rings (SSSR count). The van der Waals surface area contributed by atoms with Crippen molar-refractivity contribution >= 4 is 23.2 Å². The number of rotatable bonds is 2. The fourth-order valence-electron chi connectivity index (χ4n) is 5.41. The maximum Gasteiger partial charge on any atom is 0.345 e. The smallest absolute Gasteiger partial charge is 0.345 e. The molecule has 11 heterocycles. The average Bonchev–Trinajstić information content (AvgIpc) is 3.64. The maximum absolute atomic E-state index is 10.8. The molecule has 0 fully saturated rings. The van der Waals surface area contributed by atoms with E-state index in [9.17, 15) is 28.8 Å². The minimum absolute atomic E-state index is 0.0347. The Kier molecular flexibility index (Phi) is 39.0. The van der Waals surface area contributed by atoms with Gasteiger partial charge in [-0.1, -0.05) is 18.2 Å². The summed E-state index contributed by atoms with van der Waals surface area (Å²) in [5.41, 5.74) is 9.38. The number of halogens is 2. The molecule has 0 aliphatic rings. The van der Waals surface area contributed by atoms with Crippen molar-refractivity contribution in [3.05, 3.63) is 301 Å². The second-order valence-electron chi connectivity index (χ2n) is 18.6. The molecule has 0 amide bonds. The molecule has 480 valence electrons. The van der Waals surface area contributed by atoms with Gasteiger partial charge in [0.05, 0.1) is 14.2 Å². The Morgan fingerprint density at radius 1 is 0.418 bits per heavy atom. The van der Waals surface area contributed by atoms with E-state index in [1.807, 2.05) is 106 Å². The van der Waals surface area contributed by atoms with Crippen LogP contribution in [0.4, 0.5) is 0 Å². The van der Waals surface area contributed by atoms with Gasteiger partial charge in [0.2, 0.25) is 27.2 Å². The predicted octanol–water partition coefficient (Wildman–Crippen LogP) is 7.86. The molecule has 28 heteroatoms. The molecule has 26 nitrogen and oxygen atoms in total. The van der Waals surface area contributed by atoms with Crippen LogP contribution < -0.4 is 43.1 Å². The number of methoxy groups -OCH3 is 2. The summed E-state index contributed by atoms with van der Waals surface area (Å²) >= 11 is 10.8. The van der Waals surface area contributed by atoms with E-state index in [2.05, 4.69) is 74.8 Å². The lowest BCUT2D eigenvalue weighted by molar-refractivity contribution is 0.378. The predicted molar refractivity (Wildman–Crippen MR) is 352 cm³/mol. The normalized spacial score (nSPS) is 9.20. The number of nitrogens with zero attached hydrogens (tertiary/aromatic N) is 15. The Balaban J connectivity index is 0.000000501. The molecule has 91 heavy (non-hydrogen) atoms. The lowest BCUT2D eigenvalue weighted by Crippen LogP contribution is -2.13. The molecule has 0 aromatic carbocycles. The Morgan fingerprint density at radius 3 is 1.35 bits per heavy atom. The van der Waals surface area contributed by atoms with Gasteiger partial charge in [0.1, 0.15) is 6.33 Å². The van der Waals surface area contributed by atoms with Crippen LogP contribution in [-0.2, 0) is 21.1 Å². The fraction of sp³-hybridized carbons (Fsp3) is 0.238.